The van der Waals surface area contributed by atoms with E-state index >= 15 is 0 Å². The number of hydrogen-bond donors (Lipinski definition) is 1. The third kappa shape index (κ3) is 6.55. The van der Waals surface area contributed by atoms with Crippen LogP contribution in [0.3, 0.4) is 0 Å². The lowest BCUT2D eigenvalue weighted by Gasteiger charge is -2.07. The fourth-order valence-electron chi connectivity index (χ4n) is 1.42. The molecule has 0 saturated heterocycles. The van der Waals surface area contributed by atoms with E-state index in [1.807, 2.05) is 0 Å². The second-order valence-corrected chi connectivity index (χ2v) is 4.08. The van der Waals surface area contributed by atoms with Gasteiger partial charge in [0.25, 0.3) is 5.09 Å². The summed E-state index contributed by atoms with van der Waals surface area (Å²) < 4.78 is 9.45. The molecule has 0 aliphatic carbocycles. The maximum Gasteiger partial charge on any atom is 0.344 e. The van der Waals surface area contributed by atoms with Gasteiger partial charge >= 0.3 is 11.9 Å². The second-order valence-electron chi connectivity index (χ2n) is 4.08. The van der Waals surface area contributed by atoms with Crippen LogP contribution in [0.4, 0.5) is 0 Å². The summed E-state index contributed by atoms with van der Waals surface area (Å²) in [5, 5.41) is 18.4. The Morgan fingerprint density at radius 2 is 1.82 bits per heavy atom. The Morgan fingerprint density at radius 1 is 1.14 bits per heavy atom. The van der Waals surface area contributed by atoms with Crippen molar-refractivity contribution in [2.45, 2.75) is 12.8 Å². The molecule has 0 aromatic heterocycles. The van der Waals surface area contributed by atoms with E-state index in [1.54, 1.807) is 12.1 Å². The van der Waals surface area contributed by atoms with Gasteiger partial charge in [-0.15, -0.1) is 10.1 Å². The molecule has 0 heterocycles. The molecule has 9 nitrogen and oxygen atoms in total. The highest BCUT2D eigenvalue weighted by molar-refractivity contribution is 5.93. The van der Waals surface area contributed by atoms with Gasteiger partial charge < -0.3 is 19.4 Å². The summed E-state index contributed by atoms with van der Waals surface area (Å²) in [5.41, 5.74) is -0.0489. The van der Waals surface area contributed by atoms with Crippen LogP contribution >= 0.6 is 0 Å². The molecule has 0 amide bonds. The van der Waals surface area contributed by atoms with Gasteiger partial charge in [0.1, 0.15) is 11.3 Å². The van der Waals surface area contributed by atoms with Crippen molar-refractivity contribution >= 4 is 11.9 Å². The van der Waals surface area contributed by atoms with Crippen LogP contribution in [0.5, 0.6) is 5.75 Å². The molecular weight excluding hydrogens is 298 g/mol. The molecule has 0 fully saturated rings. The van der Waals surface area contributed by atoms with Crippen LogP contribution in [0, 0.1) is 10.1 Å². The molecule has 0 bridgehead atoms. The van der Waals surface area contributed by atoms with Crippen molar-refractivity contribution in [3.63, 3.8) is 0 Å². The van der Waals surface area contributed by atoms with Crippen molar-refractivity contribution in [1.82, 2.24) is 0 Å². The van der Waals surface area contributed by atoms with Crippen LogP contribution in [0.2, 0.25) is 0 Å². The van der Waals surface area contributed by atoms with Crippen LogP contribution in [0.15, 0.2) is 24.3 Å². The highest BCUT2D eigenvalue weighted by Gasteiger charge is 2.14. The Morgan fingerprint density at radius 3 is 2.50 bits per heavy atom. The van der Waals surface area contributed by atoms with Crippen molar-refractivity contribution in [3.05, 3.63) is 39.9 Å². The minimum Gasteiger partial charge on any atom is -0.507 e. The van der Waals surface area contributed by atoms with E-state index in [0.29, 0.717) is 12.8 Å². The SMILES string of the molecule is O=C(COC(=O)c1ccccc1O)OCCCCO[N+](=O)[O-]. The van der Waals surface area contributed by atoms with E-state index in [-0.39, 0.29) is 24.5 Å². The number of para-hydroxylation sites is 1. The Hall–Kier alpha value is -2.84. The van der Waals surface area contributed by atoms with Gasteiger partial charge in [-0.1, -0.05) is 12.1 Å². The molecule has 0 aliphatic rings. The molecule has 1 N–H and O–H groups in total. The predicted octanol–water partition coefficient (Wildman–Crippen LogP) is 1.08. The minimum atomic E-state index is -0.898. The largest absolute Gasteiger partial charge is 0.507 e. The molecule has 120 valence electrons. The van der Waals surface area contributed by atoms with Gasteiger partial charge in [-0.25, -0.2) is 9.59 Å². The zero-order valence-electron chi connectivity index (χ0n) is 11.6. The summed E-state index contributed by atoms with van der Waals surface area (Å²) in [7, 11) is 0. The van der Waals surface area contributed by atoms with Gasteiger partial charge in [0.05, 0.1) is 13.2 Å². The Labute approximate surface area is 125 Å². The number of rotatable bonds is 9. The van der Waals surface area contributed by atoms with Crippen molar-refractivity contribution in [1.29, 1.82) is 0 Å². The highest BCUT2D eigenvalue weighted by Crippen LogP contribution is 2.16. The first-order chi connectivity index (χ1) is 10.5. The maximum absolute atomic E-state index is 11.6. The minimum absolute atomic E-state index is 0.0358. The zero-order valence-corrected chi connectivity index (χ0v) is 11.6. The van der Waals surface area contributed by atoms with Gasteiger partial charge in [0.15, 0.2) is 6.61 Å². The smallest absolute Gasteiger partial charge is 0.344 e. The van der Waals surface area contributed by atoms with Crippen LogP contribution in [0.1, 0.15) is 23.2 Å². The molecule has 9 heteroatoms. The Bertz CT molecular complexity index is 531. The Kier molecular flexibility index (Phi) is 7.17. The molecule has 0 radical (unpaired) electrons. The summed E-state index contributed by atoms with van der Waals surface area (Å²) in [6, 6.07) is 5.77. The van der Waals surface area contributed by atoms with Gasteiger partial charge in [-0.2, -0.15) is 0 Å². The number of aromatic hydroxyl groups is 1. The number of esters is 2. The second kappa shape index (κ2) is 9.16. The summed E-state index contributed by atoms with van der Waals surface area (Å²) >= 11 is 0. The quantitative estimate of drug-likeness (QED) is 0.311. The number of carbonyl (C=O) groups is 2. The molecule has 1 aromatic rings. The van der Waals surface area contributed by atoms with Crippen LogP contribution < -0.4 is 0 Å². The number of hydrogen-bond acceptors (Lipinski definition) is 8. The summed E-state index contributed by atoms with van der Waals surface area (Å²) in [6.07, 6.45) is 0.735. The number of phenolic OH excluding ortho intramolecular Hbond substituents is 1. The van der Waals surface area contributed by atoms with E-state index in [1.165, 1.54) is 12.1 Å². The number of carbonyl (C=O) groups excluding carboxylic acids is 2. The Balaban J connectivity index is 2.17. The summed E-state index contributed by atoms with van der Waals surface area (Å²) in [4.78, 5) is 36.8. The first-order valence-corrected chi connectivity index (χ1v) is 6.38. The van der Waals surface area contributed by atoms with Gasteiger partial charge in [0, 0.05) is 0 Å². The fourth-order valence-corrected chi connectivity index (χ4v) is 1.42. The molecule has 0 unspecified atom stereocenters. The lowest BCUT2D eigenvalue weighted by atomic mass is 10.2. The van der Waals surface area contributed by atoms with Crippen molar-refractivity contribution < 1.29 is 34.1 Å². The first kappa shape index (κ1) is 17.2. The third-order valence-corrected chi connectivity index (χ3v) is 2.44. The van der Waals surface area contributed by atoms with Crippen molar-refractivity contribution in [2.24, 2.45) is 0 Å². The lowest BCUT2D eigenvalue weighted by molar-refractivity contribution is -0.757. The lowest BCUT2D eigenvalue weighted by Crippen LogP contribution is -2.17. The summed E-state index contributed by atoms with van der Waals surface area (Å²) in [5.74, 6) is -1.83. The van der Waals surface area contributed by atoms with Crippen LogP contribution in [0.25, 0.3) is 0 Å². The van der Waals surface area contributed by atoms with E-state index in [0.717, 1.165) is 0 Å². The molecule has 0 spiro atoms. The average molecular weight is 313 g/mol. The topological polar surface area (TPSA) is 125 Å². The summed E-state index contributed by atoms with van der Waals surface area (Å²) in [6.45, 7) is -0.626. The number of benzene rings is 1. The average Bonchev–Trinajstić information content (AvgIpc) is 2.48. The number of phenols is 1. The predicted molar refractivity (Wildman–Crippen MR) is 71.5 cm³/mol. The van der Waals surface area contributed by atoms with Gasteiger partial charge in [-0.3, -0.25) is 0 Å². The van der Waals surface area contributed by atoms with Gasteiger partial charge in [0.2, 0.25) is 0 Å². The molecular formula is C13H15NO8. The van der Waals surface area contributed by atoms with Crippen LogP contribution in [-0.4, -0.2) is 42.0 Å². The normalized spacial score (nSPS) is 9.82. The van der Waals surface area contributed by atoms with Gasteiger partial charge in [-0.05, 0) is 25.0 Å². The van der Waals surface area contributed by atoms with Crippen LogP contribution in [-0.2, 0) is 19.1 Å². The molecule has 0 atom stereocenters. The molecule has 1 rings (SSSR count). The highest BCUT2D eigenvalue weighted by atomic mass is 16.9. The monoisotopic (exact) mass is 313 g/mol. The number of unbranched alkanes of at least 4 members (excludes halogenated alkanes) is 1. The fraction of sp³-hybridized carbons (Fsp3) is 0.385. The number of ether oxygens (including phenoxy) is 2. The van der Waals surface area contributed by atoms with Crippen molar-refractivity contribution in [3.8, 4) is 5.75 Å². The number of nitrogens with zero attached hydrogens (tertiary/aromatic N) is 1. The van der Waals surface area contributed by atoms with E-state index < -0.39 is 23.6 Å². The van der Waals surface area contributed by atoms with E-state index in [9.17, 15) is 24.8 Å². The molecule has 1 aromatic carbocycles. The first-order valence-electron chi connectivity index (χ1n) is 6.38. The standard InChI is InChI=1S/C13H15NO8/c15-11-6-2-1-5-10(11)13(17)21-9-12(16)20-7-3-4-8-22-14(18)19/h1-2,5-6,15H,3-4,7-9H2. The van der Waals surface area contributed by atoms with Crippen molar-refractivity contribution in [2.75, 3.05) is 19.8 Å². The molecule has 0 saturated carbocycles. The zero-order chi connectivity index (χ0) is 16.4. The molecule has 22 heavy (non-hydrogen) atoms. The van der Waals surface area contributed by atoms with E-state index in [4.69, 9.17) is 9.47 Å². The third-order valence-electron chi connectivity index (χ3n) is 2.44. The maximum atomic E-state index is 11.6. The van der Waals surface area contributed by atoms with E-state index in [2.05, 4.69) is 4.84 Å². The molecule has 0 aliphatic heterocycles.